The Hall–Kier alpha value is -2.74. The van der Waals surface area contributed by atoms with Crippen molar-refractivity contribution in [2.24, 2.45) is 5.92 Å². The van der Waals surface area contributed by atoms with E-state index < -0.39 is 5.78 Å². The van der Waals surface area contributed by atoms with Crippen LogP contribution in [0.3, 0.4) is 0 Å². The summed E-state index contributed by atoms with van der Waals surface area (Å²) in [4.78, 5) is 24.3. The van der Waals surface area contributed by atoms with Crippen LogP contribution in [0, 0.1) is 5.92 Å². The van der Waals surface area contributed by atoms with E-state index in [0.29, 0.717) is 5.57 Å². The lowest BCUT2D eigenvalue weighted by molar-refractivity contribution is -0.134. The molecule has 22 heavy (non-hydrogen) atoms. The summed E-state index contributed by atoms with van der Waals surface area (Å²) in [6, 6.07) is 19.4. The van der Waals surface area contributed by atoms with Crippen LogP contribution in [-0.2, 0) is 9.59 Å². The monoisotopic (exact) mass is 288 g/mol. The first-order valence-electron chi connectivity index (χ1n) is 7.29. The summed E-state index contributed by atoms with van der Waals surface area (Å²) in [5.41, 5.74) is 3.22. The minimum absolute atomic E-state index is 0.329. The maximum atomic E-state index is 12.3. The first-order valence-corrected chi connectivity index (χ1v) is 7.29. The Bertz CT molecular complexity index is 768. The van der Waals surface area contributed by atoms with Gasteiger partial charge in [-0.05, 0) is 22.8 Å². The third-order valence-electron chi connectivity index (χ3n) is 3.87. The van der Waals surface area contributed by atoms with Crippen LogP contribution in [0.15, 0.2) is 71.8 Å². The van der Waals surface area contributed by atoms with Gasteiger partial charge in [0.2, 0.25) is 11.6 Å². The fraction of sp³-hybridized carbons (Fsp3) is 0.100. The van der Waals surface area contributed by atoms with Crippen LogP contribution in [0.1, 0.15) is 18.1 Å². The molecule has 1 unspecified atom stereocenters. The van der Waals surface area contributed by atoms with E-state index in [9.17, 15) is 9.59 Å². The molecule has 2 aromatic carbocycles. The third-order valence-corrected chi connectivity index (χ3v) is 3.87. The lowest BCUT2D eigenvalue weighted by Crippen LogP contribution is -2.10. The van der Waals surface area contributed by atoms with Crippen LogP contribution in [0.4, 0.5) is 0 Å². The van der Waals surface area contributed by atoms with Crippen molar-refractivity contribution in [3.63, 3.8) is 0 Å². The van der Waals surface area contributed by atoms with E-state index in [1.54, 1.807) is 13.0 Å². The average molecular weight is 288 g/mol. The Balaban J connectivity index is 2.09. The molecule has 0 radical (unpaired) electrons. The van der Waals surface area contributed by atoms with Crippen molar-refractivity contribution >= 4 is 23.7 Å². The Morgan fingerprint density at radius 2 is 1.27 bits per heavy atom. The van der Waals surface area contributed by atoms with Crippen molar-refractivity contribution in [2.75, 3.05) is 0 Å². The van der Waals surface area contributed by atoms with Gasteiger partial charge in [-0.3, -0.25) is 9.59 Å². The summed E-state index contributed by atoms with van der Waals surface area (Å²) in [5, 5.41) is 0. The quantitative estimate of drug-likeness (QED) is 0.619. The molecule has 1 saturated carbocycles. The standard InChI is InChI=1S/C20H16O2/c1-14-17(12-15-8-4-2-5-9-15)18(20(22)19(14)21)13-16-10-6-3-7-11-16/h2-14H,1H3/b17-12+,18-13+. The number of hydrogen-bond acceptors (Lipinski definition) is 2. The van der Waals surface area contributed by atoms with Crippen LogP contribution in [0.2, 0.25) is 0 Å². The Labute approximate surface area is 129 Å². The molecule has 0 saturated heterocycles. The molecule has 1 aliphatic carbocycles. The van der Waals surface area contributed by atoms with Gasteiger partial charge >= 0.3 is 0 Å². The van der Waals surface area contributed by atoms with Gasteiger partial charge in [-0.25, -0.2) is 0 Å². The minimum Gasteiger partial charge on any atom is -0.290 e. The highest BCUT2D eigenvalue weighted by Gasteiger charge is 2.38. The van der Waals surface area contributed by atoms with Crippen LogP contribution in [0.5, 0.6) is 0 Å². The smallest absolute Gasteiger partial charge is 0.229 e. The molecule has 2 nitrogen and oxygen atoms in total. The number of hydrogen-bond donors (Lipinski definition) is 0. The van der Waals surface area contributed by atoms with Crippen molar-refractivity contribution in [3.8, 4) is 0 Å². The number of Topliss-reactive ketones (excluding diaryl/α,β-unsaturated/α-hetero) is 2. The zero-order valence-electron chi connectivity index (χ0n) is 12.3. The van der Waals surface area contributed by atoms with Crippen molar-refractivity contribution in [1.29, 1.82) is 0 Å². The molecule has 0 aromatic heterocycles. The summed E-state index contributed by atoms with van der Waals surface area (Å²) < 4.78 is 0. The van der Waals surface area contributed by atoms with Gasteiger partial charge in [0, 0.05) is 11.5 Å². The van der Waals surface area contributed by atoms with Crippen molar-refractivity contribution in [3.05, 3.63) is 82.9 Å². The van der Waals surface area contributed by atoms with Crippen LogP contribution >= 0.6 is 0 Å². The molecule has 0 bridgehead atoms. The molecule has 108 valence electrons. The van der Waals surface area contributed by atoms with E-state index in [-0.39, 0.29) is 11.7 Å². The fourth-order valence-corrected chi connectivity index (χ4v) is 2.63. The summed E-state index contributed by atoms with van der Waals surface area (Å²) in [7, 11) is 0. The maximum Gasteiger partial charge on any atom is 0.229 e. The molecule has 0 spiro atoms. The maximum absolute atomic E-state index is 12.3. The van der Waals surface area contributed by atoms with Crippen LogP contribution in [-0.4, -0.2) is 11.6 Å². The van der Waals surface area contributed by atoms with Gasteiger partial charge in [-0.1, -0.05) is 73.7 Å². The molecule has 2 heteroatoms. The Morgan fingerprint density at radius 1 is 0.773 bits per heavy atom. The molecular formula is C20H16O2. The average Bonchev–Trinajstić information content (AvgIpc) is 2.75. The van der Waals surface area contributed by atoms with Gasteiger partial charge in [0.25, 0.3) is 0 Å². The highest BCUT2D eigenvalue weighted by molar-refractivity contribution is 6.50. The summed E-state index contributed by atoms with van der Waals surface area (Å²) >= 11 is 0. The molecular weight excluding hydrogens is 272 g/mol. The lowest BCUT2D eigenvalue weighted by atomic mass is 9.98. The number of rotatable bonds is 2. The van der Waals surface area contributed by atoms with Crippen molar-refractivity contribution in [1.82, 2.24) is 0 Å². The minimum atomic E-state index is -0.390. The molecule has 0 N–H and O–H groups in total. The van der Waals surface area contributed by atoms with E-state index in [0.717, 1.165) is 16.7 Å². The molecule has 0 heterocycles. The molecule has 0 aliphatic heterocycles. The Morgan fingerprint density at radius 3 is 1.82 bits per heavy atom. The molecule has 1 fully saturated rings. The highest BCUT2D eigenvalue weighted by atomic mass is 16.2. The molecule has 3 rings (SSSR count). The van der Waals surface area contributed by atoms with Crippen molar-refractivity contribution in [2.45, 2.75) is 6.92 Å². The molecule has 0 amide bonds. The molecule has 1 atom stereocenters. The zero-order chi connectivity index (χ0) is 15.5. The Kier molecular flexibility index (Phi) is 3.84. The fourth-order valence-electron chi connectivity index (χ4n) is 2.63. The second kappa shape index (κ2) is 5.94. The first-order chi connectivity index (χ1) is 10.7. The van der Waals surface area contributed by atoms with Crippen LogP contribution in [0.25, 0.3) is 12.2 Å². The third kappa shape index (κ3) is 2.68. The number of carbonyl (C=O) groups is 2. The van der Waals surface area contributed by atoms with Gasteiger partial charge in [0.15, 0.2) is 0 Å². The van der Waals surface area contributed by atoms with Crippen molar-refractivity contribution < 1.29 is 9.59 Å². The predicted octanol–water partition coefficient (Wildman–Crippen LogP) is 3.94. The second-order valence-electron chi connectivity index (χ2n) is 5.39. The van der Waals surface area contributed by atoms with Crippen LogP contribution < -0.4 is 0 Å². The lowest BCUT2D eigenvalue weighted by Gasteiger charge is -2.05. The predicted molar refractivity (Wildman–Crippen MR) is 88.0 cm³/mol. The summed E-state index contributed by atoms with van der Waals surface area (Å²) in [6.07, 6.45) is 3.74. The van der Waals surface area contributed by atoms with E-state index in [2.05, 4.69) is 0 Å². The van der Waals surface area contributed by atoms with E-state index in [1.807, 2.05) is 66.7 Å². The molecule has 2 aromatic rings. The second-order valence-corrected chi connectivity index (χ2v) is 5.39. The van der Waals surface area contributed by atoms with Gasteiger partial charge in [0.1, 0.15) is 0 Å². The van der Waals surface area contributed by atoms with E-state index in [1.165, 1.54) is 0 Å². The summed E-state index contributed by atoms with van der Waals surface area (Å²) in [6.45, 7) is 1.79. The van der Waals surface area contributed by atoms with Gasteiger partial charge in [-0.15, -0.1) is 0 Å². The van der Waals surface area contributed by atoms with Gasteiger partial charge < -0.3 is 0 Å². The summed E-state index contributed by atoms with van der Waals surface area (Å²) in [5.74, 6) is -1.11. The first kappa shape index (κ1) is 14.2. The normalized spacial score (nSPS) is 21.8. The van der Waals surface area contributed by atoms with E-state index in [4.69, 9.17) is 0 Å². The van der Waals surface area contributed by atoms with E-state index >= 15 is 0 Å². The topological polar surface area (TPSA) is 34.1 Å². The molecule has 1 aliphatic rings. The zero-order valence-corrected chi connectivity index (χ0v) is 12.3. The SMILES string of the molecule is CC1C(=O)C(=O)C(=C/c2ccccc2)/C1=C/c1ccccc1. The highest BCUT2D eigenvalue weighted by Crippen LogP contribution is 2.33. The van der Waals surface area contributed by atoms with Gasteiger partial charge in [-0.2, -0.15) is 0 Å². The largest absolute Gasteiger partial charge is 0.290 e. The number of ketones is 2. The number of benzene rings is 2. The van der Waals surface area contributed by atoms with Gasteiger partial charge in [0.05, 0.1) is 0 Å². The number of carbonyl (C=O) groups excluding carboxylic acids is 2. The number of allylic oxidation sites excluding steroid dienone is 2.